The fourth-order valence-corrected chi connectivity index (χ4v) is 6.37. The van der Waals surface area contributed by atoms with Gasteiger partial charge < -0.3 is 18.7 Å². The van der Waals surface area contributed by atoms with Crippen molar-refractivity contribution in [2.45, 2.75) is 36.5 Å². The SMILES string of the molecule is COc1noc2c1[C@H]1CCN3CC[C@H](C3[C@@H]2c2ccccc2[N+](=O)[O-])C12OCCO2. The fraction of sp³-hybridized carbons (Fsp3) is 0.571. The number of nitro benzene ring substituents is 1. The summed E-state index contributed by atoms with van der Waals surface area (Å²) < 4.78 is 24.2. The molecule has 4 aliphatic rings. The third-order valence-corrected chi connectivity index (χ3v) is 7.36. The Morgan fingerprint density at radius 3 is 2.77 bits per heavy atom. The standard InChI is InChI=1S/C21H23N3O6/c1-27-20-17-13-6-8-23-9-7-14(21(13)28-10-11-29-21)18(23)16(19(17)30-22-20)12-4-2-3-5-15(12)24(25)26/h2-5,13-14,16,18H,6-11H2,1H3/t13-,14-,16+,18?/m1/s1. The molecule has 1 aromatic heterocycles. The van der Waals surface area contributed by atoms with Crippen molar-refractivity contribution < 1.29 is 23.7 Å². The number of para-hydroxylation sites is 1. The molecule has 30 heavy (non-hydrogen) atoms. The summed E-state index contributed by atoms with van der Waals surface area (Å²) in [5.74, 6) is -0.0805. The van der Waals surface area contributed by atoms with Gasteiger partial charge in [-0.15, -0.1) is 0 Å². The molecule has 2 aromatic rings. The lowest BCUT2D eigenvalue weighted by atomic mass is 9.79. The fourth-order valence-electron chi connectivity index (χ4n) is 6.37. The predicted molar refractivity (Wildman–Crippen MR) is 103 cm³/mol. The van der Waals surface area contributed by atoms with E-state index < -0.39 is 5.79 Å². The normalized spacial score (nSPS) is 33.3. The summed E-state index contributed by atoms with van der Waals surface area (Å²) in [6.45, 7) is 2.86. The minimum absolute atomic E-state index is 0.0342. The van der Waals surface area contributed by atoms with Gasteiger partial charge in [-0.2, -0.15) is 0 Å². The number of fused-ring (bicyclic) bond motifs is 2. The van der Waals surface area contributed by atoms with Gasteiger partial charge in [0.1, 0.15) is 0 Å². The van der Waals surface area contributed by atoms with Crippen LogP contribution in [0.5, 0.6) is 5.88 Å². The molecule has 158 valence electrons. The van der Waals surface area contributed by atoms with Gasteiger partial charge in [-0.25, -0.2) is 0 Å². The van der Waals surface area contributed by atoms with E-state index in [4.69, 9.17) is 18.7 Å². The van der Waals surface area contributed by atoms with Crippen molar-refractivity contribution in [1.82, 2.24) is 10.1 Å². The second-order valence-corrected chi connectivity index (χ2v) is 8.44. The number of hydrogen-bond donors (Lipinski definition) is 0. The summed E-state index contributed by atoms with van der Waals surface area (Å²) in [5.41, 5.74) is 1.58. The molecule has 0 N–H and O–H groups in total. The van der Waals surface area contributed by atoms with E-state index in [2.05, 4.69) is 10.1 Å². The van der Waals surface area contributed by atoms with Crippen LogP contribution in [0.15, 0.2) is 28.8 Å². The van der Waals surface area contributed by atoms with Gasteiger partial charge in [-0.3, -0.25) is 15.0 Å². The Hall–Kier alpha value is -2.49. The molecule has 0 saturated carbocycles. The molecule has 5 atom stereocenters. The van der Waals surface area contributed by atoms with Crippen molar-refractivity contribution in [1.29, 1.82) is 0 Å². The summed E-state index contributed by atoms with van der Waals surface area (Å²) in [6, 6.07) is 6.90. The Morgan fingerprint density at radius 2 is 2.00 bits per heavy atom. The van der Waals surface area contributed by atoms with Gasteiger partial charge in [-0.1, -0.05) is 18.2 Å². The zero-order valence-electron chi connectivity index (χ0n) is 16.7. The van der Waals surface area contributed by atoms with Crippen molar-refractivity contribution in [3.8, 4) is 5.88 Å². The lowest BCUT2D eigenvalue weighted by Crippen LogP contribution is -2.47. The van der Waals surface area contributed by atoms with Crippen molar-refractivity contribution in [3.63, 3.8) is 0 Å². The van der Waals surface area contributed by atoms with Gasteiger partial charge >= 0.3 is 0 Å². The van der Waals surface area contributed by atoms with Crippen LogP contribution in [0.1, 0.15) is 41.6 Å². The molecule has 1 aliphatic carbocycles. The molecule has 1 aromatic carbocycles. The molecule has 0 amide bonds. The molecule has 3 saturated heterocycles. The second kappa shape index (κ2) is 6.50. The van der Waals surface area contributed by atoms with Crippen LogP contribution < -0.4 is 4.74 Å². The Kier molecular flexibility index (Phi) is 3.96. The van der Waals surface area contributed by atoms with Crippen LogP contribution >= 0.6 is 0 Å². The van der Waals surface area contributed by atoms with E-state index in [0.717, 1.165) is 31.5 Å². The summed E-state index contributed by atoms with van der Waals surface area (Å²) in [4.78, 5) is 14.0. The Labute approximate surface area is 173 Å². The van der Waals surface area contributed by atoms with Gasteiger partial charge in [0.05, 0.1) is 36.7 Å². The second-order valence-electron chi connectivity index (χ2n) is 8.44. The minimum Gasteiger partial charge on any atom is -0.479 e. The largest absolute Gasteiger partial charge is 0.479 e. The molecule has 6 rings (SSSR count). The van der Waals surface area contributed by atoms with E-state index >= 15 is 0 Å². The molecular weight excluding hydrogens is 390 g/mol. The minimum atomic E-state index is -0.776. The van der Waals surface area contributed by atoms with Crippen molar-refractivity contribution >= 4 is 5.69 Å². The van der Waals surface area contributed by atoms with E-state index in [9.17, 15) is 10.1 Å². The molecule has 3 fully saturated rings. The first-order valence-electron chi connectivity index (χ1n) is 10.4. The number of nitro groups is 1. The summed E-state index contributed by atoms with van der Waals surface area (Å²) in [5, 5.41) is 16.1. The number of rotatable bonds is 3. The van der Waals surface area contributed by atoms with E-state index in [1.807, 2.05) is 12.1 Å². The summed E-state index contributed by atoms with van der Waals surface area (Å²) >= 11 is 0. The predicted octanol–water partition coefficient (Wildman–Crippen LogP) is 2.66. The van der Waals surface area contributed by atoms with E-state index in [0.29, 0.717) is 30.4 Å². The third kappa shape index (κ3) is 2.25. The monoisotopic (exact) mass is 413 g/mol. The van der Waals surface area contributed by atoms with Crippen LogP contribution in [-0.4, -0.2) is 60.2 Å². The number of hydrogen-bond acceptors (Lipinski definition) is 8. The lowest BCUT2D eigenvalue weighted by molar-refractivity contribution is -0.385. The average Bonchev–Trinajstić information content (AvgIpc) is 3.44. The smallest absolute Gasteiger partial charge is 0.273 e. The highest BCUT2D eigenvalue weighted by Gasteiger charge is 2.65. The molecule has 3 aliphatic heterocycles. The van der Waals surface area contributed by atoms with Crippen molar-refractivity contribution in [2.24, 2.45) is 5.92 Å². The van der Waals surface area contributed by atoms with E-state index in [-0.39, 0.29) is 34.4 Å². The first kappa shape index (κ1) is 18.3. The van der Waals surface area contributed by atoms with E-state index in [1.165, 1.54) is 0 Å². The highest BCUT2D eigenvalue weighted by Crippen LogP contribution is 2.60. The molecule has 9 heteroatoms. The summed E-state index contributed by atoms with van der Waals surface area (Å²) in [6.07, 6.45) is 1.75. The third-order valence-electron chi connectivity index (χ3n) is 7.36. The van der Waals surface area contributed by atoms with Gasteiger partial charge in [0, 0.05) is 29.5 Å². The number of ether oxygens (including phenoxy) is 3. The molecule has 2 unspecified atom stereocenters. The average molecular weight is 413 g/mol. The van der Waals surface area contributed by atoms with Gasteiger partial charge in [-0.05, 0) is 31.1 Å². The Morgan fingerprint density at radius 1 is 1.23 bits per heavy atom. The van der Waals surface area contributed by atoms with Gasteiger partial charge in [0.25, 0.3) is 11.6 Å². The Balaban J connectivity index is 1.65. The number of benzene rings is 1. The molecule has 4 heterocycles. The van der Waals surface area contributed by atoms with Crippen molar-refractivity contribution in [2.75, 3.05) is 33.4 Å². The van der Waals surface area contributed by atoms with Crippen LogP contribution in [-0.2, 0) is 9.47 Å². The zero-order valence-corrected chi connectivity index (χ0v) is 16.7. The van der Waals surface area contributed by atoms with Crippen LogP contribution in [0.25, 0.3) is 0 Å². The summed E-state index contributed by atoms with van der Waals surface area (Å²) in [7, 11) is 1.57. The van der Waals surface area contributed by atoms with Crippen molar-refractivity contribution in [3.05, 3.63) is 51.3 Å². The zero-order chi connectivity index (χ0) is 20.5. The number of methoxy groups -OCH3 is 1. The number of nitrogens with zero attached hydrogens (tertiary/aromatic N) is 3. The van der Waals surface area contributed by atoms with E-state index in [1.54, 1.807) is 19.2 Å². The van der Waals surface area contributed by atoms with Gasteiger partial charge in [0.2, 0.25) is 0 Å². The first-order chi connectivity index (χ1) is 14.7. The maximum atomic E-state index is 11.9. The van der Waals surface area contributed by atoms with Gasteiger partial charge in [0.15, 0.2) is 11.5 Å². The van der Waals surface area contributed by atoms with Crippen LogP contribution in [0.3, 0.4) is 0 Å². The maximum absolute atomic E-state index is 11.9. The van der Waals surface area contributed by atoms with Crippen LogP contribution in [0.2, 0.25) is 0 Å². The molecule has 0 radical (unpaired) electrons. The van der Waals surface area contributed by atoms with Crippen LogP contribution in [0, 0.1) is 16.0 Å². The topological polar surface area (TPSA) is 100 Å². The highest BCUT2D eigenvalue weighted by atomic mass is 16.7. The lowest BCUT2D eigenvalue weighted by Gasteiger charge is -2.39. The number of aromatic nitrogens is 1. The quantitative estimate of drug-likeness (QED) is 0.559. The molecule has 9 nitrogen and oxygen atoms in total. The Bertz CT molecular complexity index is 1000. The maximum Gasteiger partial charge on any atom is 0.273 e. The van der Waals surface area contributed by atoms with Crippen LogP contribution in [0.4, 0.5) is 5.69 Å². The first-order valence-corrected chi connectivity index (χ1v) is 10.4. The molecule has 4 bridgehead atoms. The highest BCUT2D eigenvalue weighted by molar-refractivity contribution is 5.51. The molecule has 1 spiro atoms. The molecular formula is C21H23N3O6.